The highest BCUT2D eigenvalue weighted by molar-refractivity contribution is 7.99. The van der Waals surface area contributed by atoms with Gasteiger partial charge in [-0.05, 0) is 73.5 Å². The SMILES string of the molecule is O=C(Nc1ccc(S(=O)(=O)N2CCCC2)cc1)c1ccc(OCCSc2ccccc2)cc1. The second kappa shape index (κ2) is 10.9. The lowest BCUT2D eigenvalue weighted by molar-refractivity contribution is 0.102. The Morgan fingerprint density at radius 2 is 1.58 bits per heavy atom. The number of anilines is 1. The first-order chi connectivity index (χ1) is 16.0. The molecule has 0 aliphatic carbocycles. The number of amides is 1. The Kier molecular flexibility index (Phi) is 7.69. The Balaban J connectivity index is 1.27. The molecule has 8 heteroatoms. The third-order valence-electron chi connectivity index (χ3n) is 5.30. The molecule has 4 rings (SSSR count). The Morgan fingerprint density at radius 3 is 2.24 bits per heavy atom. The minimum Gasteiger partial charge on any atom is -0.493 e. The number of carbonyl (C=O) groups excluding carboxylic acids is 1. The van der Waals surface area contributed by atoms with Gasteiger partial charge in [-0.2, -0.15) is 4.31 Å². The lowest BCUT2D eigenvalue weighted by Crippen LogP contribution is -2.27. The number of thioether (sulfide) groups is 1. The van der Waals surface area contributed by atoms with Crippen molar-refractivity contribution in [2.24, 2.45) is 0 Å². The van der Waals surface area contributed by atoms with Crippen molar-refractivity contribution < 1.29 is 17.9 Å². The van der Waals surface area contributed by atoms with Crippen LogP contribution in [0.4, 0.5) is 5.69 Å². The predicted octanol–water partition coefficient (Wildman–Crippen LogP) is 4.89. The number of sulfonamides is 1. The van der Waals surface area contributed by atoms with Crippen molar-refractivity contribution in [3.63, 3.8) is 0 Å². The van der Waals surface area contributed by atoms with E-state index in [0.29, 0.717) is 36.7 Å². The zero-order valence-corrected chi connectivity index (χ0v) is 19.8. The van der Waals surface area contributed by atoms with Crippen LogP contribution in [0.15, 0.2) is 88.7 Å². The number of rotatable bonds is 9. The second-order valence-electron chi connectivity index (χ2n) is 7.62. The van der Waals surface area contributed by atoms with Crippen LogP contribution in [0, 0.1) is 0 Å². The summed E-state index contributed by atoms with van der Waals surface area (Å²) < 4.78 is 32.5. The Labute approximate surface area is 199 Å². The number of hydrogen-bond donors (Lipinski definition) is 1. The van der Waals surface area contributed by atoms with Crippen LogP contribution in [-0.4, -0.2) is 44.1 Å². The van der Waals surface area contributed by atoms with E-state index in [9.17, 15) is 13.2 Å². The van der Waals surface area contributed by atoms with Gasteiger partial charge in [0, 0.05) is 35.0 Å². The average molecular weight is 483 g/mol. The van der Waals surface area contributed by atoms with Gasteiger partial charge < -0.3 is 10.1 Å². The lowest BCUT2D eigenvalue weighted by Gasteiger charge is -2.15. The summed E-state index contributed by atoms with van der Waals surface area (Å²) in [6.45, 7) is 1.69. The molecule has 1 aliphatic rings. The Morgan fingerprint density at radius 1 is 0.909 bits per heavy atom. The molecule has 1 heterocycles. The molecule has 0 unspecified atom stereocenters. The lowest BCUT2D eigenvalue weighted by atomic mass is 10.2. The van der Waals surface area contributed by atoms with E-state index in [1.54, 1.807) is 48.2 Å². The Bertz CT molecular complexity index is 1160. The van der Waals surface area contributed by atoms with Crippen LogP contribution >= 0.6 is 11.8 Å². The van der Waals surface area contributed by atoms with Crippen LogP contribution in [0.2, 0.25) is 0 Å². The predicted molar refractivity (Wildman–Crippen MR) is 131 cm³/mol. The third-order valence-corrected chi connectivity index (χ3v) is 8.18. The summed E-state index contributed by atoms with van der Waals surface area (Å²) in [6.07, 6.45) is 1.79. The van der Waals surface area contributed by atoms with Crippen molar-refractivity contribution in [2.75, 3.05) is 30.8 Å². The maximum atomic E-state index is 12.6. The first-order valence-corrected chi connectivity index (χ1v) is 13.3. The molecule has 3 aromatic carbocycles. The largest absolute Gasteiger partial charge is 0.493 e. The van der Waals surface area contributed by atoms with Crippen LogP contribution in [0.3, 0.4) is 0 Å². The fourth-order valence-corrected chi connectivity index (χ4v) is 5.80. The van der Waals surface area contributed by atoms with E-state index < -0.39 is 10.0 Å². The van der Waals surface area contributed by atoms with Gasteiger partial charge in [0.05, 0.1) is 11.5 Å². The van der Waals surface area contributed by atoms with Gasteiger partial charge in [-0.15, -0.1) is 11.8 Å². The first-order valence-electron chi connectivity index (χ1n) is 10.8. The zero-order valence-electron chi connectivity index (χ0n) is 18.1. The molecule has 1 aliphatic heterocycles. The zero-order chi connectivity index (χ0) is 23.1. The first kappa shape index (κ1) is 23.4. The summed E-state index contributed by atoms with van der Waals surface area (Å²) in [4.78, 5) is 14.0. The highest BCUT2D eigenvalue weighted by Crippen LogP contribution is 2.23. The molecular formula is C25H26N2O4S2. The van der Waals surface area contributed by atoms with Gasteiger partial charge in [0.1, 0.15) is 5.75 Å². The number of benzene rings is 3. The molecule has 33 heavy (non-hydrogen) atoms. The van der Waals surface area contributed by atoms with Crippen LogP contribution < -0.4 is 10.1 Å². The van der Waals surface area contributed by atoms with Crippen LogP contribution in [0.1, 0.15) is 23.2 Å². The minimum atomic E-state index is -3.46. The molecule has 6 nitrogen and oxygen atoms in total. The van der Waals surface area contributed by atoms with E-state index in [0.717, 1.165) is 18.6 Å². The maximum Gasteiger partial charge on any atom is 0.255 e. The van der Waals surface area contributed by atoms with Gasteiger partial charge >= 0.3 is 0 Å². The van der Waals surface area contributed by atoms with Crippen molar-refractivity contribution >= 4 is 33.4 Å². The van der Waals surface area contributed by atoms with Gasteiger partial charge in [-0.3, -0.25) is 4.79 Å². The summed E-state index contributed by atoms with van der Waals surface area (Å²) in [5.74, 6) is 1.27. The number of carbonyl (C=O) groups is 1. The molecule has 172 valence electrons. The van der Waals surface area contributed by atoms with Crippen molar-refractivity contribution in [1.82, 2.24) is 4.31 Å². The summed E-state index contributed by atoms with van der Waals surface area (Å²) in [6, 6.07) is 23.4. The average Bonchev–Trinajstić information content (AvgIpc) is 3.39. The fourth-order valence-electron chi connectivity index (χ4n) is 3.53. The smallest absolute Gasteiger partial charge is 0.255 e. The van der Waals surface area contributed by atoms with Gasteiger partial charge in [-0.1, -0.05) is 18.2 Å². The molecule has 1 fully saturated rings. The monoisotopic (exact) mass is 482 g/mol. The topological polar surface area (TPSA) is 75.7 Å². The molecule has 0 spiro atoms. The van der Waals surface area contributed by atoms with Crippen molar-refractivity contribution in [3.8, 4) is 5.75 Å². The second-order valence-corrected chi connectivity index (χ2v) is 10.7. The maximum absolute atomic E-state index is 12.6. The summed E-state index contributed by atoms with van der Waals surface area (Å²) >= 11 is 1.73. The highest BCUT2D eigenvalue weighted by atomic mass is 32.2. The number of hydrogen-bond acceptors (Lipinski definition) is 5. The van der Waals surface area contributed by atoms with Crippen molar-refractivity contribution in [2.45, 2.75) is 22.6 Å². The van der Waals surface area contributed by atoms with E-state index in [2.05, 4.69) is 17.4 Å². The quantitative estimate of drug-likeness (QED) is 0.347. The standard InChI is InChI=1S/C25H26N2O4S2/c28-25(26-21-10-14-24(15-11-21)33(29,30)27-16-4-5-17-27)20-8-12-22(13-9-20)31-18-19-32-23-6-2-1-3-7-23/h1-3,6-15H,4-5,16-19H2,(H,26,28). The molecule has 1 amide bonds. The molecule has 1 saturated heterocycles. The van der Waals surface area contributed by atoms with Crippen LogP contribution in [-0.2, 0) is 10.0 Å². The highest BCUT2D eigenvalue weighted by Gasteiger charge is 2.26. The molecule has 0 atom stereocenters. The van der Waals surface area contributed by atoms with Gasteiger partial charge in [0.25, 0.3) is 5.91 Å². The van der Waals surface area contributed by atoms with E-state index >= 15 is 0 Å². The normalized spacial score (nSPS) is 14.2. The molecule has 0 saturated carbocycles. The summed E-state index contributed by atoms with van der Waals surface area (Å²) in [5, 5.41) is 2.80. The third kappa shape index (κ3) is 6.16. The number of ether oxygens (including phenoxy) is 1. The molecule has 1 N–H and O–H groups in total. The summed E-state index contributed by atoms with van der Waals surface area (Å²) in [5.41, 5.74) is 1.04. The van der Waals surface area contributed by atoms with E-state index in [-0.39, 0.29) is 10.8 Å². The van der Waals surface area contributed by atoms with Crippen molar-refractivity contribution in [1.29, 1.82) is 0 Å². The number of nitrogens with one attached hydrogen (secondary N) is 1. The molecule has 0 bridgehead atoms. The van der Waals surface area contributed by atoms with Crippen molar-refractivity contribution in [3.05, 3.63) is 84.4 Å². The molecule has 0 aromatic heterocycles. The van der Waals surface area contributed by atoms with Gasteiger partial charge in [-0.25, -0.2) is 8.42 Å². The Hall–Kier alpha value is -2.81. The molecule has 3 aromatic rings. The number of nitrogens with zero attached hydrogens (tertiary/aromatic N) is 1. The molecule has 0 radical (unpaired) electrons. The van der Waals surface area contributed by atoms with Crippen LogP contribution in [0.5, 0.6) is 5.75 Å². The molecular weight excluding hydrogens is 456 g/mol. The van der Waals surface area contributed by atoms with E-state index in [1.165, 1.54) is 21.3 Å². The van der Waals surface area contributed by atoms with Crippen LogP contribution in [0.25, 0.3) is 0 Å². The van der Waals surface area contributed by atoms with Gasteiger partial charge in [0.2, 0.25) is 10.0 Å². The van der Waals surface area contributed by atoms with E-state index in [1.807, 2.05) is 18.2 Å². The fraction of sp³-hybridized carbons (Fsp3) is 0.240. The summed E-state index contributed by atoms with van der Waals surface area (Å²) in [7, 11) is -3.46. The van der Waals surface area contributed by atoms with Gasteiger partial charge in [0.15, 0.2) is 0 Å². The minimum absolute atomic E-state index is 0.245. The van der Waals surface area contributed by atoms with E-state index in [4.69, 9.17) is 4.74 Å².